The molecular formula is C20H25N. The molecule has 1 aliphatic rings. The maximum absolute atomic E-state index is 9.57. The molecule has 1 aliphatic carbocycles. The average molecular weight is 279 g/mol. The molecule has 0 aromatic heterocycles. The van der Waals surface area contributed by atoms with E-state index >= 15 is 0 Å². The maximum Gasteiger partial charge on any atom is 0.0791 e. The van der Waals surface area contributed by atoms with E-state index in [-0.39, 0.29) is 5.41 Å². The van der Waals surface area contributed by atoms with Crippen molar-refractivity contribution in [1.29, 1.82) is 5.26 Å². The Labute approximate surface area is 129 Å². The maximum atomic E-state index is 9.57. The minimum atomic E-state index is -0.273. The molecule has 0 radical (unpaired) electrons. The standard InChI is InChI=1S/C20H25N/c1-2-3-4-5-9-14-20(17-21)15-12-19(13-16-20)18-10-7-6-8-11-18/h6-8,10-13,15H,2-5,9,14,16H2,1H3. The van der Waals surface area contributed by atoms with Gasteiger partial charge in [0.25, 0.3) is 0 Å². The molecule has 1 aromatic rings. The van der Waals surface area contributed by atoms with Gasteiger partial charge in [-0.05, 0) is 24.0 Å². The molecule has 0 saturated carbocycles. The highest BCUT2D eigenvalue weighted by molar-refractivity contribution is 5.75. The molecule has 1 heteroatoms. The first kappa shape index (κ1) is 15.6. The monoisotopic (exact) mass is 279 g/mol. The van der Waals surface area contributed by atoms with Crippen LogP contribution in [-0.4, -0.2) is 0 Å². The Morgan fingerprint density at radius 3 is 2.48 bits per heavy atom. The van der Waals surface area contributed by atoms with Crippen LogP contribution in [-0.2, 0) is 0 Å². The van der Waals surface area contributed by atoms with Gasteiger partial charge in [-0.1, -0.05) is 87.6 Å². The average Bonchev–Trinajstić information content (AvgIpc) is 2.56. The largest absolute Gasteiger partial charge is 0.197 e. The number of nitriles is 1. The summed E-state index contributed by atoms with van der Waals surface area (Å²) in [5, 5.41) is 9.57. The van der Waals surface area contributed by atoms with Crippen molar-refractivity contribution in [2.24, 2.45) is 5.41 Å². The minimum Gasteiger partial charge on any atom is -0.197 e. The van der Waals surface area contributed by atoms with Crippen LogP contribution in [0.15, 0.2) is 48.6 Å². The fourth-order valence-electron chi connectivity index (χ4n) is 2.89. The van der Waals surface area contributed by atoms with Crippen molar-refractivity contribution in [2.45, 2.75) is 51.9 Å². The van der Waals surface area contributed by atoms with Gasteiger partial charge in [-0.3, -0.25) is 0 Å². The van der Waals surface area contributed by atoms with Crippen molar-refractivity contribution in [1.82, 2.24) is 0 Å². The summed E-state index contributed by atoms with van der Waals surface area (Å²) >= 11 is 0. The van der Waals surface area contributed by atoms with Crippen LogP contribution < -0.4 is 0 Å². The molecule has 0 fully saturated rings. The molecule has 0 spiro atoms. The quantitative estimate of drug-likeness (QED) is 0.570. The Kier molecular flexibility index (Phi) is 5.81. The molecule has 0 amide bonds. The number of hydrogen-bond donors (Lipinski definition) is 0. The van der Waals surface area contributed by atoms with Gasteiger partial charge in [0, 0.05) is 0 Å². The third-order valence-electron chi connectivity index (χ3n) is 4.32. The molecule has 21 heavy (non-hydrogen) atoms. The zero-order chi connectivity index (χ0) is 15.0. The van der Waals surface area contributed by atoms with Crippen LogP contribution in [0.3, 0.4) is 0 Å². The fraction of sp³-hybridized carbons (Fsp3) is 0.450. The number of nitrogens with zero attached hydrogens (tertiary/aromatic N) is 1. The number of benzene rings is 1. The third-order valence-corrected chi connectivity index (χ3v) is 4.32. The van der Waals surface area contributed by atoms with Crippen molar-refractivity contribution >= 4 is 5.57 Å². The fourth-order valence-corrected chi connectivity index (χ4v) is 2.89. The van der Waals surface area contributed by atoms with Crippen molar-refractivity contribution in [3.8, 4) is 6.07 Å². The van der Waals surface area contributed by atoms with E-state index in [0.29, 0.717) is 0 Å². The van der Waals surface area contributed by atoms with E-state index in [9.17, 15) is 5.26 Å². The van der Waals surface area contributed by atoms with Crippen LogP contribution in [0.1, 0.15) is 57.4 Å². The summed E-state index contributed by atoms with van der Waals surface area (Å²) in [4.78, 5) is 0. The summed E-state index contributed by atoms with van der Waals surface area (Å²) in [5.41, 5.74) is 2.21. The minimum absolute atomic E-state index is 0.273. The second-order valence-electron chi connectivity index (χ2n) is 6.00. The van der Waals surface area contributed by atoms with Crippen molar-refractivity contribution < 1.29 is 0 Å². The molecule has 2 rings (SSSR count). The highest BCUT2D eigenvalue weighted by atomic mass is 14.4. The van der Waals surface area contributed by atoms with E-state index in [1.54, 1.807) is 0 Å². The van der Waals surface area contributed by atoms with Gasteiger partial charge >= 0.3 is 0 Å². The van der Waals surface area contributed by atoms with E-state index in [0.717, 1.165) is 19.3 Å². The molecule has 0 aliphatic heterocycles. The lowest BCUT2D eigenvalue weighted by atomic mass is 9.76. The molecule has 1 nitrogen and oxygen atoms in total. The first-order chi connectivity index (χ1) is 10.3. The second kappa shape index (κ2) is 7.84. The van der Waals surface area contributed by atoms with Gasteiger partial charge in [-0.15, -0.1) is 0 Å². The van der Waals surface area contributed by atoms with Crippen LogP contribution in [0.2, 0.25) is 0 Å². The van der Waals surface area contributed by atoms with Crippen LogP contribution in [0.25, 0.3) is 5.57 Å². The van der Waals surface area contributed by atoms with Gasteiger partial charge in [0.15, 0.2) is 0 Å². The SMILES string of the molecule is CCCCCCCC1(C#N)C=CC(c2ccccc2)=CC1. The molecular weight excluding hydrogens is 254 g/mol. The molecule has 0 N–H and O–H groups in total. The van der Waals surface area contributed by atoms with Gasteiger partial charge in [-0.25, -0.2) is 0 Å². The molecule has 1 unspecified atom stereocenters. The number of unbranched alkanes of at least 4 members (excludes halogenated alkanes) is 4. The molecule has 1 atom stereocenters. The molecule has 110 valence electrons. The first-order valence-electron chi connectivity index (χ1n) is 8.16. The summed E-state index contributed by atoms with van der Waals surface area (Å²) < 4.78 is 0. The van der Waals surface area contributed by atoms with Crippen molar-refractivity contribution in [3.63, 3.8) is 0 Å². The summed E-state index contributed by atoms with van der Waals surface area (Å²) in [6.45, 7) is 2.23. The molecule has 0 heterocycles. The zero-order valence-electron chi connectivity index (χ0n) is 13.0. The van der Waals surface area contributed by atoms with Crippen LogP contribution in [0, 0.1) is 16.7 Å². The van der Waals surface area contributed by atoms with Crippen LogP contribution >= 0.6 is 0 Å². The van der Waals surface area contributed by atoms with Gasteiger partial charge < -0.3 is 0 Å². The second-order valence-corrected chi connectivity index (χ2v) is 6.00. The summed E-state index contributed by atoms with van der Waals surface area (Å²) in [6.07, 6.45) is 14.6. The van der Waals surface area contributed by atoms with Crippen LogP contribution in [0.4, 0.5) is 0 Å². The highest BCUT2D eigenvalue weighted by Crippen LogP contribution is 2.37. The van der Waals surface area contributed by atoms with E-state index in [2.05, 4.69) is 55.5 Å². The van der Waals surface area contributed by atoms with Gasteiger partial charge in [0.1, 0.15) is 0 Å². The lowest BCUT2D eigenvalue weighted by Crippen LogP contribution is -2.17. The summed E-state index contributed by atoms with van der Waals surface area (Å²) in [6, 6.07) is 13.0. The van der Waals surface area contributed by atoms with Gasteiger partial charge in [-0.2, -0.15) is 5.26 Å². The highest BCUT2D eigenvalue weighted by Gasteiger charge is 2.27. The predicted octanol–water partition coefficient (Wildman–Crippen LogP) is 5.90. The van der Waals surface area contributed by atoms with Gasteiger partial charge in [0.05, 0.1) is 11.5 Å². The van der Waals surface area contributed by atoms with E-state index < -0.39 is 0 Å². The Bertz CT molecular complexity index is 533. The predicted molar refractivity (Wildman–Crippen MR) is 89.6 cm³/mol. The summed E-state index contributed by atoms with van der Waals surface area (Å²) in [5.74, 6) is 0. The van der Waals surface area contributed by atoms with Crippen LogP contribution in [0.5, 0.6) is 0 Å². The van der Waals surface area contributed by atoms with E-state index in [1.165, 1.54) is 36.8 Å². The Morgan fingerprint density at radius 2 is 1.86 bits per heavy atom. The normalized spacial score (nSPS) is 20.9. The Hall–Kier alpha value is -1.81. The first-order valence-corrected chi connectivity index (χ1v) is 8.16. The summed E-state index contributed by atoms with van der Waals surface area (Å²) in [7, 11) is 0. The topological polar surface area (TPSA) is 23.8 Å². The Morgan fingerprint density at radius 1 is 1.10 bits per heavy atom. The van der Waals surface area contributed by atoms with Crippen molar-refractivity contribution in [2.75, 3.05) is 0 Å². The number of allylic oxidation sites excluding steroid dienone is 4. The van der Waals surface area contributed by atoms with Gasteiger partial charge in [0.2, 0.25) is 0 Å². The Balaban J connectivity index is 1.92. The van der Waals surface area contributed by atoms with Crippen molar-refractivity contribution in [3.05, 3.63) is 54.1 Å². The lowest BCUT2D eigenvalue weighted by Gasteiger charge is -2.25. The number of rotatable bonds is 7. The number of hydrogen-bond acceptors (Lipinski definition) is 1. The molecule has 0 bridgehead atoms. The van der Waals surface area contributed by atoms with E-state index in [1.807, 2.05) is 6.07 Å². The zero-order valence-corrected chi connectivity index (χ0v) is 13.0. The smallest absolute Gasteiger partial charge is 0.0791 e. The molecule has 1 aromatic carbocycles. The third kappa shape index (κ3) is 4.33. The van der Waals surface area contributed by atoms with E-state index in [4.69, 9.17) is 0 Å². The molecule has 0 saturated heterocycles. The lowest BCUT2D eigenvalue weighted by molar-refractivity contribution is 0.433.